The Labute approximate surface area is 111 Å². The summed E-state index contributed by atoms with van der Waals surface area (Å²) in [7, 11) is 1.49. The molecule has 1 aromatic rings. The number of hydrogen-bond donors (Lipinski definition) is 2. The van der Waals surface area contributed by atoms with Crippen LogP contribution in [0.5, 0.6) is 0 Å². The number of amides is 2. The number of carbonyl (C=O) groups is 2. The summed E-state index contributed by atoms with van der Waals surface area (Å²) in [5, 5.41) is 6.10. The van der Waals surface area contributed by atoms with Crippen molar-refractivity contribution in [2.75, 3.05) is 24.2 Å². The minimum absolute atomic E-state index is 0.164. The summed E-state index contributed by atoms with van der Waals surface area (Å²) in [5.74, 6) is 0.826. The van der Waals surface area contributed by atoms with Gasteiger partial charge in [-0.15, -0.1) is 0 Å². The first-order valence-corrected chi connectivity index (χ1v) is 6.24. The number of nitrogens with one attached hydrogen (secondary N) is 2. The third kappa shape index (κ3) is 2.98. The maximum absolute atomic E-state index is 11.8. The Morgan fingerprint density at radius 3 is 2.74 bits per heavy atom. The third-order valence-corrected chi connectivity index (χ3v) is 2.93. The zero-order valence-electron chi connectivity index (χ0n) is 11.0. The molecular weight excluding hydrogens is 246 g/mol. The molecule has 1 aliphatic heterocycles. The molecule has 7 nitrogen and oxygen atoms in total. The van der Waals surface area contributed by atoms with Crippen LogP contribution in [0.1, 0.15) is 19.8 Å². The zero-order chi connectivity index (χ0) is 13.8. The van der Waals surface area contributed by atoms with E-state index >= 15 is 0 Å². The lowest BCUT2D eigenvalue weighted by Crippen LogP contribution is -2.32. The van der Waals surface area contributed by atoms with E-state index in [0.717, 1.165) is 17.9 Å². The summed E-state index contributed by atoms with van der Waals surface area (Å²) >= 11 is 0. The van der Waals surface area contributed by atoms with Gasteiger partial charge in [0.15, 0.2) is 0 Å². The zero-order valence-corrected chi connectivity index (χ0v) is 11.0. The molecular formula is C12H17N5O2. The van der Waals surface area contributed by atoms with E-state index in [-0.39, 0.29) is 18.2 Å². The van der Waals surface area contributed by atoms with E-state index in [9.17, 15) is 9.59 Å². The number of likely N-dealkylation sites (N-methyl/N-ethyl adjacent to an activating group) is 1. The minimum atomic E-state index is -0.536. The molecule has 19 heavy (non-hydrogen) atoms. The number of hydrogen-bond acceptors (Lipinski definition) is 6. The molecule has 1 aromatic heterocycles. The minimum Gasteiger partial charge on any atom is -0.370 e. The van der Waals surface area contributed by atoms with Crippen LogP contribution in [-0.2, 0) is 9.59 Å². The van der Waals surface area contributed by atoms with E-state index in [1.165, 1.54) is 13.4 Å². The predicted molar refractivity (Wildman–Crippen MR) is 70.6 cm³/mol. The van der Waals surface area contributed by atoms with Gasteiger partial charge in [-0.2, -0.15) is 0 Å². The second-order valence-corrected chi connectivity index (χ2v) is 4.41. The van der Waals surface area contributed by atoms with Crippen molar-refractivity contribution in [3.63, 3.8) is 0 Å². The maximum atomic E-state index is 11.8. The maximum Gasteiger partial charge on any atom is 0.251 e. The molecule has 2 amide bonds. The molecule has 102 valence electrons. The van der Waals surface area contributed by atoms with Crippen LogP contribution < -0.4 is 10.6 Å². The Hall–Kier alpha value is -2.18. The number of imide groups is 1. The lowest BCUT2D eigenvalue weighted by molar-refractivity contribution is -0.136. The molecule has 7 heteroatoms. The second-order valence-electron chi connectivity index (χ2n) is 4.41. The van der Waals surface area contributed by atoms with Crippen molar-refractivity contribution >= 4 is 23.5 Å². The van der Waals surface area contributed by atoms with Gasteiger partial charge in [0.05, 0.1) is 6.42 Å². The van der Waals surface area contributed by atoms with Crippen molar-refractivity contribution in [1.29, 1.82) is 0 Å². The fourth-order valence-electron chi connectivity index (χ4n) is 1.83. The monoisotopic (exact) mass is 263 g/mol. The van der Waals surface area contributed by atoms with Gasteiger partial charge in [-0.05, 0) is 6.42 Å². The van der Waals surface area contributed by atoms with Crippen LogP contribution in [0.4, 0.5) is 11.6 Å². The van der Waals surface area contributed by atoms with E-state index in [1.807, 2.05) is 0 Å². The molecule has 1 saturated heterocycles. The summed E-state index contributed by atoms with van der Waals surface area (Å²) in [6.07, 6.45) is 2.58. The van der Waals surface area contributed by atoms with Gasteiger partial charge in [-0.25, -0.2) is 9.97 Å². The molecule has 0 aromatic carbocycles. The van der Waals surface area contributed by atoms with E-state index in [0.29, 0.717) is 11.6 Å². The molecule has 1 aliphatic rings. The Morgan fingerprint density at radius 1 is 1.37 bits per heavy atom. The number of nitrogens with zero attached hydrogens (tertiary/aromatic N) is 3. The molecule has 0 bridgehead atoms. The molecule has 0 radical (unpaired) electrons. The highest BCUT2D eigenvalue weighted by Crippen LogP contribution is 2.16. The fraction of sp³-hybridized carbons (Fsp3) is 0.500. The second kappa shape index (κ2) is 5.64. The SMILES string of the molecule is CCCNc1cc(NC2CC(=O)N(C)C2=O)ncn1. The topological polar surface area (TPSA) is 87.2 Å². The molecule has 2 N–H and O–H groups in total. The highest BCUT2D eigenvalue weighted by atomic mass is 16.2. The van der Waals surface area contributed by atoms with Crippen LogP contribution >= 0.6 is 0 Å². The largest absolute Gasteiger partial charge is 0.370 e. The van der Waals surface area contributed by atoms with Crippen molar-refractivity contribution in [3.05, 3.63) is 12.4 Å². The fourth-order valence-corrected chi connectivity index (χ4v) is 1.83. The normalized spacial score (nSPS) is 18.8. The quantitative estimate of drug-likeness (QED) is 0.751. The van der Waals surface area contributed by atoms with Gasteiger partial charge in [0.25, 0.3) is 5.91 Å². The number of anilines is 2. The van der Waals surface area contributed by atoms with Gasteiger partial charge in [0.2, 0.25) is 5.91 Å². The van der Waals surface area contributed by atoms with Gasteiger partial charge in [-0.3, -0.25) is 14.5 Å². The van der Waals surface area contributed by atoms with Crippen molar-refractivity contribution in [2.45, 2.75) is 25.8 Å². The number of likely N-dealkylation sites (tertiary alicyclic amines) is 1. The van der Waals surface area contributed by atoms with E-state index in [4.69, 9.17) is 0 Å². The number of rotatable bonds is 5. The molecule has 0 aliphatic carbocycles. The average Bonchev–Trinajstić information content (AvgIpc) is 2.64. The van der Waals surface area contributed by atoms with Crippen molar-refractivity contribution in [1.82, 2.24) is 14.9 Å². The average molecular weight is 263 g/mol. The van der Waals surface area contributed by atoms with Gasteiger partial charge in [0, 0.05) is 19.7 Å². The smallest absolute Gasteiger partial charge is 0.251 e. The molecule has 0 saturated carbocycles. The van der Waals surface area contributed by atoms with Crippen LogP contribution in [0.15, 0.2) is 12.4 Å². The first-order chi connectivity index (χ1) is 9.11. The summed E-state index contributed by atoms with van der Waals surface area (Å²) in [5.41, 5.74) is 0. The van der Waals surface area contributed by atoms with Crippen molar-refractivity contribution in [3.8, 4) is 0 Å². The van der Waals surface area contributed by atoms with Crippen LogP contribution in [0, 0.1) is 0 Å². The Bertz CT molecular complexity index is 491. The van der Waals surface area contributed by atoms with Crippen molar-refractivity contribution < 1.29 is 9.59 Å². The van der Waals surface area contributed by atoms with Crippen LogP contribution in [-0.4, -0.2) is 46.3 Å². The summed E-state index contributed by atoms with van der Waals surface area (Å²) < 4.78 is 0. The van der Waals surface area contributed by atoms with E-state index in [2.05, 4.69) is 27.5 Å². The molecule has 0 spiro atoms. The summed E-state index contributed by atoms with van der Waals surface area (Å²) in [6.45, 7) is 2.88. The lowest BCUT2D eigenvalue weighted by Gasteiger charge is -2.12. The number of carbonyl (C=O) groups excluding carboxylic acids is 2. The molecule has 1 atom stereocenters. The van der Waals surface area contributed by atoms with Gasteiger partial charge in [0.1, 0.15) is 24.0 Å². The molecule has 2 rings (SSSR count). The first kappa shape index (κ1) is 13.3. The van der Waals surface area contributed by atoms with Gasteiger partial charge in [-0.1, -0.05) is 6.92 Å². The number of aromatic nitrogens is 2. The molecule has 1 unspecified atom stereocenters. The Kier molecular flexibility index (Phi) is 3.94. The highest BCUT2D eigenvalue weighted by Gasteiger charge is 2.36. The van der Waals surface area contributed by atoms with E-state index in [1.54, 1.807) is 6.07 Å². The van der Waals surface area contributed by atoms with Gasteiger partial charge < -0.3 is 10.6 Å². The van der Waals surface area contributed by atoms with Crippen molar-refractivity contribution in [2.24, 2.45) is 0 Å². The van der Waals surface area contributed by atoms with Crippen LogP contribution in [0.3, 0.4) is 0 Å². The molecule has 2 heterocycles. The standard InChI is InChI=1S/C12H17N5O2/c1-3-4-13-9-6-10(15-7-14-9)16-8-5-11(18)17(2)12(8)19/h6-8H,3-5H2,1-2H3,(H2,13,14,15,16). The molecule has 1 fully saturated rings. The van der Waals surface area contributed by atoms with Crippen LogP contribution in [0.2, 0.25) is 0 Å². The lowest BCUT2D eigenvalue weighted by atomic mass is 10.2. The van der Waals surface area contributed by atoms with Crippen LogP contribution in [0.25, 0.3) is 0 Å². The Balaban J connectivity index is 2.03. The highest BCUT2D eigenvalue weighted by molar-refractivity contribution is 6.06. The Morgan fingerprint density at radius 2 is 2.11 bits per heavy atom. The van der Waals surface area contributed by atoms with Gasteiger partial charge >= 0.3 is 0 Å². The van der Waals surface area contributed by atoms with E-state index < -0.39 is 6.04 Å². The summed E-state index contributed by atoms with van der Waals surface area (Å²) in [4.78, 5) is 32.4. The predicted octanol–water partition coefficient (Wildman–Crippen LogP) is 0.468. The summed E-state index contributed by atoms with van der Waals surface area (Å²) in [6, 6.07) is 1.19. The third-order valence-electron chi connectivity index (χ3n) is 2.93. The first-order valence-electron chi connectivity index (χ1n) is 6.24.